The number of rotatable bonds is 4. The zero-order valence-corrected chi connectivity index (χ0v) is 11.2. The highest BCUT2D eigenvalue weighted by atomic mass is 16.5. The Kier molecular flexibility index (Phi) is 4.42. The molecule has 1 saturated carbocycles. The molecule has 6 heteroatoms. The maximum atomic E-state index is 12.1. The minimum Gasteiger partial charge on any atom is -0.367 e. The second-order valence-corrected chi connectivity index (χ2v) is 5.65. The summed E-state index contributed by atoms with van der Waals surface area (Å²) in [5, 5.41) is 2.85. The molecule has 0 aromatic carbocycles. The first-order valence-corrected chi connectivity index (χ1v) is 7.03. The predicted octanol–water partition coefficient (Wildman–Crippen LogP) is -0.203. The van der Waals surface area contributed by atoms with E-state index in [1.54, 1.807) is 0 Å². The third kappa shape index (κ3) is 3.45. The Hall–Kier alpha value is -1.14. The van der Waals surface area contributed by atoms with Gasteiger partial charge in [0, 0.05) is 6.54 Å². The second-order valence-electron chi connectivity index (χ2n) is 5.65. The molecule has 0 aromatic rings. The first kappa shape index (κ1) is 14.3. The van der Waals surface area contributed by atoms with E-state index >= 15 is 0 Å². The van der Waals surface area contributed by atoms with E-state index < -0.39 is 17.6 Å². The molecule has 0 radical (unpaired) electrons. The van der Waals surface area contributed by atoms with Crippen molar-refractivity contribution < 1.29 is 14.3 Å². The Labute approximate surface area is 113 Å². The Bertz CT molecular complexity index is 353. The largest absolute Gasteiger partial charge is 0.367 e. The van der Waals surface area contributed by atoms with E-state index in [4.69, 9.17) is 16.2 Å². The Morgan fingerprint density at radius 1 is 1.21 bits per heavy atom. The number of ether oxygens (including phenoxy) is 1. The SMILES string of the molecule is NC(=O)C1CCC(CNC(=O)C2(N)CCCCC2)O1. The Morgan fingerprint density at radius 3 is 2.47 bits per heavy atom. The molecule has 5 N–H and O–H groups in total. The summed E-state index contributed by atoms with van der Waals surface area (Å²) in [6.07, 6.45) is 5.38. The van der Waals surface area contributed by atoms with Crippen LogP contribution in [0.15, 0.2) is 0 Å². The van der Waals surface area contributed by atoms with Gasteiger partial charge in [0.25, 0.3) is 0 Å². The third-order valence-electron chi connectivity index (χ3n) is 4.11. The molecule has 19 heavy (non-hydrogen) atoms. The maximum absolute atomic E-state index is 12.1. The number of nitrogens with one attached hydrogen (secondary N) is 1. The van der Waals surface area contributed by atoms with Crippen LogP contribution in [0, 0.1) is 0 Å². The van der Waals surface area contributed by atoms with Crippen LogP contribution in [0.1, 0.15) is 44.9 Å². The summed E-state index contributed by atoms with van der Waals surface area (Å²) < 4.78 is 5.46. The molecule has 1 saturated heterocycles. The number of carbonyl (C=O) groups is 2. The van der Waals surface area contributed by atoms with Crippen LogP contribution in [0.2, 0.25) is 0 Å². The van der Waals surface area contributed by atoms with Gasteiger partial charge in [-0.05, 0) is 25.7 Å². The van der Waals surface area contributed by atoms with Crippen molar-refractivity contribution in [1.29, 1.82) is 0 Å². The van der Waals surface area contributed by atoms with Crippen molar-refractivity contribution in [2.24, 2.45) is 11.5 Å². The van der Waals surface area contributed by atoms with Gasteiger partial charge >= 0.3 is 0 Å². The average molecular weight is 269 g/mol. The molecule has 1 heterocycles. The van der Waals surface area contributed by atoms with Gasteiger partial charge in [0.05, 0.1) is 11.6 Å². The van der Waals surface area contributed by atoms with Gasteiger partial charge in [-0.1, -0.05) is 19.3 Å². The summed E-state index contributed by atoms with van der Waals surface area (Å²) in [4.78, 5) is 23.1. The molecular weight excluding hydrogens is 246 g/mol. The minimum absolute atomic E-state index is 0.0988. The summed E-state index contributed by atoms with van der Waals surface area (Å²) >= 11 is 0. The van der Waals surface area contributed by atoms with Crippen molar-refractivity contribution in [1.82, 2.24) is 5.32 Å². The molecule has 0 bridgehead atoms. The van der Waals surface area contributed by atoms with Crippen molar-refractivity contribution in [3.8, 4) is 0 Å². The predicted molar refractivity (Wildman–Crippen MR) is 70.1 cm³/mol. The van der Waals surface area contributed by atoms with Gasteiger partial charge in [-0.15, -0.1) is 0 Å². The first-order chi connectivity index (χ1) is 9.01. The van der Waals surface area contributed by atoms with E-state index in [-0.39, 0.29) is 12.0 Å². The Balaban J connectivity index is 1.76. The van der Waals surface area contributed by atoms with Gasteiger partial charge < -0.3 is 21.5 Å². The number of nitrogens with two attached hydrogens (primary N) is 2. The van der Waals surface area contributed by atoms with Crippen LogP contribution < -0.4 is 16.8 Å². The highest BCUT2D eigenvalue weighted by molar-refractivity contribution is 5.86. The number of hydrogen-bond donors (Lipinski definition) is 3. The molecule has 2 aliphatic rings. The van der Waals surface area contributed by atoms with Gasteiger partial charge in [0.15, 0.2) is 0 Å². The molecule has 108 valence electrons. The van der Waals surface area contributed by atoms with Crippen LogP contribution in [0.4, 0.5) is 0 Å². The topological polar surface area (TPSA) is 107 Å². The van der Waals surface area contributed by atoms with Gasteiger partial charge in [0.2, 0.25) is 11.8 Å². The molecule has 6 nitrogen and oxygen atoms in total. The smallest absolute Gasteiger partial charge is 0.246 e. The number of carbonyl (C=O) groups excluding carboxylic acids is 2. The first-order valence-electron chi connectivity index (χ1n) is 7.03. The molecule has 2 unspecified atom stereocenters. The normalized spacial score (nSPS) is 29.9. The summed E-state index contributed by atoms with van der Waals surface area (Å²) in [6, 6.07) is 0. The lowest BCUT2D eigenvalue weighted by Crippen LogP contribution is -2.56. The van der Waals surface area contributed by atoms with E-state index in [1.807, 2.05) is 0 Å². The van der Waals surface area contributed by atoms with E-state index in [0.29, 0.717) is 13.0 Å². The third-order valence-corrected chi connectivity index (χ3v) is 4.11. The van der Waals surface area contributed by atoms with E-state index in [0.717, 1.165) is 38.5 Å². The molecule has 1 aliphatic heterocycles. The van der Waals surface area contributed by atoms with Crippen molar-refractivity contribution >= 4 is 11.8 Å². The summed E-state index contributed by atoms with van der Waals surface area (Å²) in [7, 11) is 0. The summed E-state index contributed by atoms with van der Waals surface area (Å²) in [6.45, 7) is 0.404. The van der Waals surface area contributed by atoms with Gasteiger partial charge in [-0.25, -0.2) is 0 Å². The zero-order valence-electron chi connectivity index (χ0n) is 11.2. The van der Waals surface area contributed by atoms with Crippen LogP contribution in [-0.4, -0.2) is 36.1 Å². The van der Waals surface area contributed by atoms with Crippen LogP contribution in [0.3, 0.4) is 0 Å². The molecule has 2 atom stereocenters. The fourth-order valence-corrected chi connectivity index (χ4v) is 2.86. The molecule has 2 amide bonds. The second kappa shape index (κ2) is 5.88. The van der Waals surface area contributed by atoms with Crippen molar-refractivity contribution in [2.75, 3.05) is 6.54 Å². The number of amides is 2. The zero-order chi connectivity index (χ0) is 13.9. The highest BCUT2D eigenvalue weighted by Crippen LogP contribution is 2.26. The van der Waals surface area contributed by atoms with E-state index in [9.17, 15) is 9.59 Å². The van der Waals surface area contributed by atoms with Gasteiger partial charge in [0.1, 0.15) is 6.10 Å². The van der Waals surface area contributed by atoms with E-state index in [1.165, 1.54) is 0 Å². The number of primary amides is 1. The molecule has 1 aliphatic carbocycles. The summed E-state index contributed by atoms with van der Waals surface area (Å²) in [5.74, 6) is -0.533. The standard InChI is InChI=1S/C13H23N3O3/c14-11(17)10-5-4-9(19-10)8-16-12(18)13(15)6-2-1-3-7-13/h9-10H,1-8,15H2,(H2,14,17)(H,16,18). The van der Waals surface area contributed by atoms with Crippen molar-refractivity contribution in [2.45, 2.75) is 62.7 Å². The lowest BCUT2D eigenvalue weighted by molar-refractivity contribution is -0.130. The monoisotopic (exact) mass is 269 g/mol. The van der Waals surface area contributed by atoms with Crippen molar-refractivity contribution in [3.63, 3.8) is 0 Å². The van der Waals surface area contributed by atoms with E-state index in [2.05, 4.69) is 5.32 Å². The number of hydrogen-bond acceptors (Lipinski definition) is 4. The molecule has 0 aromatic heterocycles. The van der Waals surface area contributed by atoms with Crippen molar-refractivity contribution in [3.05, 3.63) is 0 Å². The lowest BCUT2D eigenvalue weighted by atomic mass is 9.82. The molecule has 2 fully saturated rings. The molecule has 2 rings (SSSR count). The van der Waals surface area contributed by atoms with Crippen LogP contribution in [0.25, 0.3) is 0 Å². The fourth-order valence-electron chi connectivity index (χ4n) is 2.86. The van der Waals surface area contributed by atoms with Gasteiger partial charge in [-0.2, -0.15) is 0 Å². The average Bonchev–Trinajstić information content (AvgIpc) is 2.85. The van der Waals surface area contributed by atoms with Crippen LogP contribution >= 0.6 is 0 Å². The molecular formula is C13H23N3O3. The molecule has 0 spiro atoms. The lowest BCUT2D eigenvalue weighted by Gasteiger charge is -2.32. The van der Waals surface area contributed by atoms with Crippen LogP contribution in [0.5, 0.6) is 0 Å². The minimum atomic E-state index is -0.722. The highest BCUT2D eigenvalue weighted by Gasteiger charge is 2.36. The fraction of sp³-hybridized carbons (Fsp3) is 0.846. The summed E-state index contributed by atoms with van der Waals surface area (Å²) in [5.41, 5.74) is 10.6. The van der Waals surface area contributed by atoms with Crippen LogP contribution in [-0.2, 0) is 14.3 Å². The Morgan fingerprint density at radius 2 is 1.89 bits per heavy atom. The van der Waals surface area contributed by atoms with Gasteiger partial charge in [-0.3, -0.25) is 9.59 Å². The quantitative estimate of drug-likeness (QED) is 0.656. The maximum Gasteiger partial charge on any atom is 0.246 e.